The summed E-state index contributed by atoms with van der Waals surface area (Å²) in [4.78, 5) is 0. The second kappa shape index (κ2) is 25.2. The highest BCUT2D eigenvalue weighted by Crippen LogP contribution is 2.27. The molecule has 216 valence electrons. The first-order chi connectivity index (χ1) is 18.2. The van der Waals surface area contributed by atoms with Gasteiger partial charge in [0, 0.05) is 25.4 Å². The molecule has 0 heterocycles. The largest absolute Gasteiger partial charge is 0.508 e. The van der Waals surface area contributed by atoms with Gasteiger partial charge in [0.15, 0.2) is 0 Å². The molecule has 37 heavy (non-hydrogen) atoms. The van der Waals surface area contributed by atoms with Crippen molar-refractivity contribution in [2.45, 2.75) is 156 Å². The van der Waals surface area contributed by atoms with Gasteiger partial charge in [0.2, 0.25) is 0 Å². The zero-order valence-electron chi connectivity index (χ0n) is 24.8. The highest BCUT2D eigenvalue weighted by molar-refractivity contribution is 5.43. The Balaban J connectivity index is 2.57. The van der Waals surface area contributed by atoms with E-state index >= 15 is 0 Å². The van der Waals surface area contributed by atoms with Crippen molar-refractivity contribution < 1.29 is 19.3 Å². The SMILES string of the molecule is CCCCCCCCOCc1ccc(O)c(COCCCCCCCC)c1COCCCCCCCC. The van der Waals surface area contributed by atoms with Crippen LogP contribution in [-0.4, -0.2) is 24.9 Å². The van der Waals surface area contributed by atoms with Gasteiger partial charge in [0.25, 0.3) is 0 Å². The molecule has 1 aromatic rings. The molecule has 0 spiro atoms. The van der Waals surface area contributed by atoms with E-state index in [1.807, 2.05) is 6.07 Å². The lowest BCUT2D eigenvalue weighted by Gasteiger charge is -2.17. The topological polar surface area (TPSA) is 47.9 Å². The lowest BCUT2D eigenvalue weighted by atomic mass is 10.0. The number of benzene rings is 1. The summed E-state index contributed by atoms with van der Waals surface area (Å²) in [6.45, 7) is 10.5. The average Bonchev–Trinajstić information content (AvgIpc) is 2.90. The molecule has 0 saturated carbocycles. The summed E-state index contributed by atoms with van der Waals surface area (Å²) in [5.41, 5.74) is 3.04. The Labute approximate surface area is 229 Å². The Morgan fingerprint density at radius 2 is 0.838 bits per heavy atom. The highest BCUT2D eigenvalue weighted by atomic mass is 16.5. The fourth-order valence-corrected chi connectivity index (χ4v) is 4.69. The van der Waals surface area contributed by atoms with Gasteiger partial charge < -0.3 is 19.3 Å². The zero-order chi connectivity index (χ0) is 26.8. The quantitative estimate of drug-likeness (QED) is 0.117. The molecule has 0 saturated heterocycles. The Bertz CT molecular complexity index is 631. The van der Waals surface area contributed by atoms with Crippen molar-refractivity contribution in [3.8, 4) is 5.75 Å². The Hall–Kier alpha value is -1.10. The van der Waals surface area contributed by atoms with E-state index < -0.39 is 0 Å². The summed E-state index contributed by atoms with van der Waals surface area (Å²) < 4.78 is 18.2. The van der Waals surface area contributed by atoms with Crippen LogP contribution in [-0.2, 0) is 34.0 Å². The molecule has 1 aromatic carbocycles. The van der Waals surface area contributed by atoms with Crippen LogP contribution in [0.3, 0.4) is 0 Å². The van der Waals surface area contributed by atoms with Gasteiger partial charge in [-0.3, -0.25) is 0 Å². The molecule has 0 unspecified atom stereocenters. The third-order valence-electron chi connectivity index (χ3n) is 7.18. The van der Waals surface area contributed by atoms with Crippen molar-refractivity contribution in [3.05, 3.63) is 28.8 Å². The highest BCUT2D eigenvalue weighted by Gasteiger charge is 2.14. The average molecular weight is 521 g/mol. The molecule has 0 bridgehead atoms. The van der Waals surface area contributed by atoms with E-state index in [1.54, 1.807) is 6.07 Å². The molecule has 0 atom stereocenters. The maximum absolute atomic E-state index is 10.7. The second-order valence-electron chi connectivity index (χ2n) is 10.7. The predicted molar refractivity (Wildman–Crippen MR) is 157 cm³/mol. The predicted octanol–water partition coefficient (Wildman–Crippen LogP) is 10.0. The van der Waals surface area contributed by atoms with Crippen LogP contribution in [0.15, 0.2) is 12.1 Å². The Morgan fingerprint density at radius 1 is 0.459 bits per heavy atom. The van der Waals surface area contributed by atoms with Gasteiger partial charge in [0.05, 0.1) is 19.8 Å². The van der Waals surface area contributed by atoms with E-state index in [0.29, 0.717) is 25.6 Å². The van der Waals surface area contributed by atoms with Gasteiger partial charge in [0.1, 0.15) is 5.75 Å². The van der Waals surface area contributed by atoms with E-state index in [-0.39, 0.29) is 0 Å². The Morgan fingerprint density at radius 3 is 1.30 bits per heavy atom. The fraction of sp³-hybridized carbons (Fsp3) is 0.818. The van der Waals surface area contributed by atoms with Gasteiger partial charge in [-0.15, -0.1) is 0 Å². The molecule has 1 N–H and O–H groups in total. The van der Waals surface area contributed by atoms with E-state index in [1.165, 1.54) is 96.3 Å². The number of phenolic OH excluding ortho intramolecular Hbond substituents is 1. The van der Waals surface area contributed by atoms with Crippen LogP contribution in [0.1, 0.15) is 153 Å². The number of ether oxygens (including phenoxy) is 3. The lowest BCUT2D eigenvalue weighted by molar-refractivity contribution is 0.0945. The minimum atomic E-state index is 0.306. The monoisotopic (exact) mass is 520 g/mol. The minimum absolute atomic E-state index is 0.306. The van der Waals surface area contributed by atoms with Gasteiger partial charge in [-0.1, -0.05) is 123 Å². The van der Waals surface area contributed by atoms with Gasteiger partial charge in [-0.25, -0.2) is 0 Å². The summed E-state index contributed by atoms with van der Waals surface area (Å²) in [7, 11) is 0. The molecule has 0 radical (unpaired) electrons. The molecule has 0 aliphatic carbocycles. The van der Waals surface area contributed by atoms with E-state index in [4.69, 9.17) is 14.2 Å². The first-order valence-corrected chi connectivity index (χ1v) is 15.8. The van der Waals surface area contributed by atoms with Crippen LogP contribution in [0, 0.1) is 0 Å². The number of phenols is 1. The van der Waals surface area contributed by atoms with Crippen LogP contribution in [0.25, 0.3) is 0 Å². The van der Waals surface area contributed by atoms with Gasteiger partial charge >= 0.3 is 0 Å². The van der Waals surface area contributed by atoms with Gasteiger partial charge in [-0.05, 0) is 36.5 Å². The summed E-state index contributed by atoms with van der Waals surface area (Å²) in [5, 5.41) is 10.7. The summed E-state index contributed by atoms with van der Waals surface area (Å²) in [6.07, 6.45) is 22.6. The smallest absolute Gasteiger partial charge is 0.121 e. The zero-order valence-corrected chi connectivity index (χ0v) is 24.8. The lowest BCUT2D eigenvalue weighted by Crippen LogP contribution is -2.08. The van der Waals surface area contributed by atoms with Gasteiger partial charge in [-0.2, -0.15) is 0 Å². The van der Waals surface area contributed by atoms with Crippen molar-refractivity contribution in [1.29, 1.82) is 0 Å². The van der Waals surface area contributed by atoms with E-state index in [0.717, 1.165) is 55.8 Å². The molecule has 4 heteroatoms. The first kappa shape index (κ1) is 33.9. The molecule has 1 rings (SSSR count). The van der Waals surface area contributed by atoms with E-state index in [2.05, 4.69) is 20.8 Å². The maximum Gasteiger partial charge on any atom is 0.121 e. The van der Waals surface area contributed by atoms with Crippen LogP contribution in [0.5, 0.6) is 5.75 Å². The van der Waals surface area contributed by atoms with Crippen LogP contribution in [0.2, 0.25) is 0 Å². The third kappa shape index (κ3) is 17.9. The van der Waals surface area contributed by atoms with Crippen molar-refractivity contribution in [2.75, 3.05) is 19.8 Å². The number of unbranched alkanes of at least 4 members (excludes halogenated alkanes) is 15. The molecular formula is C33H60O4. The Kier molecular flexibility index (Phi) is 23.1. The number of rotatable bonds is 27. The standard InChI is InChI=1S/C33H60O4/c1-4-7-10-13-16-19-24-35-27-30-22-23-33(34)32(29-37-26-21-18-15-12-9-6-3)31(30)28-36-25-20-17-14-11-8-5-2/h22-23,34H,4-21,24-29H2,1-3H3. The number of hydrogen-bond donors (Lipinski definition) is 1. The molecule has 0 fully saturated rings. The normalized spacial score (nSPS) is 11.4. The first-order valence-electron chi connectivity index (χ1n) is 15.8. The molecule has 0 aliphatic heterocycles. The summed E-state index contributed by atoms with van der Waals surface area (Å²) in [6, 6.07) is 3.79. The summed E-state index contributed by atoms with van der Waals surface area (Å²) >= 11 is 0. The number of aromatic hydroxyl groups is 1. The van der Waals surface area contributed by atoms with Crippen molar-refractivity contribution in [2.24, 2.45) is 0 Å². The van der Waals surface area contributed by atoms with E-state index in [9.17, 15) is 5.11 Å². The fourth-order valence-electron chi connectivity index (χ4n) is 4.69. The molecule has 0 aromatic heterocycles. The summed E-state index contributed by atoms with van der Waals surface area (Å²) in [5.74, 6) is 0.306. The van der Waals surface area contributed by atoms with Crippen molar-refractivity contribution >= 4 is 0 Å². The number of hydrogen-bond acceptors (Lipinski definition) is 4. The molecule has 0 amide bonds. The van der Waals surface area contributed by atoms with Crippen LogP contribution < -0.4 is 0 Å². The van der Waals surface area contributed by atoms with Crippen LogP contribution >= 0.6 is 0 Å². The van der Waals surface area contributed by atoms with Crippen LogP contribution in [0.4, 0.5) is 0 Å². The van der Waals surface area contributed by atoms with Crippen molar-refractivity contribution in [1.82, 2.24) is 0 Å². The molecular weight excluding hydrogens is 460 g/mol. The maximum atomic E-state index is 10.7. The van der Waals surface area contributed by atoms with Crippen molar-refractivity contribution in [3.63, 3.8) is 0 Å². The third-order valence-corrected chi connectivity index (χ3v) is 7.18. The minimum Gasteiger partial charge on any atom is -0.508 e. The molecule has 4 nitrogen and oxygen atoms in total. The molecule has 0 aliphatic rings. The second-order valence-corrected chi connectivity index (χ2v) is 10.7.